The SMILES string of the molecule is Cc1ccsc1CNC(=O)C1CCCN(C(=O)c2ccccc2OC(F)F)C1. The number of aryl methyl sites for hydroxylation is 1. The van der Waals surface area contributed by atoms with E-state index in [0.717, 1.165) is 10.4 Å². The molecular weight excluding hydrogens is 386 g/mol. The molecule has 0 spiro atoms. The van der Waals surface area contributed by atoms with Crippen LogP contribution in [-0.4, -0.2) is 36.4 Å². The normalized spacial score (nSPS) is 16.9. The first-order chi connectivity index (χ1) is 13.5. The van der Waals surface area contributed by atoms with Gasteiger partial charge in [-0.15, -0.1) is 11.3 Å². The lowest BCUT2D eigenvalue weighted by Crippen LogP contribution is -2.45. The number of hydrogen-bond donors (Lipinski definition) is 1. The van der Waals surface area contributed by atoms with E-state index in [1.807, 2.05) is 18.4 Å². The molecule has 1 aliphatic heterocycles. The van der Waals surface area contributed by atoms with Crippen LogP contribution in [0.5, 0.6) is 5.75 Å². The number of nitrogens with one attached hydrogen (secondary N) is 1. The first kappa shape index (κ1) is 20.3. The molecule has 1 N–H and O–H groups in total. The maximum absolute atomic E-state index is 12.8. The van der Waals surface area contributed by atoms with Crippen molar-refractivity contribution in [2.75, 3.05) is 13.1 Å². The van der Waals surface area contributed by atoms with E-state index < -0.39 is 12.5 Å². The highest BCUT2D eigenvalue weighted by Crippen LogP contribution is 2.25. The molecule has 0 saturated carbocycles. The first-order valence-corrected chi connectivity index (χ1v) is 9.97. The Morgan fingerprint density at radius 1 is 1.32 bits per heavy atom. The Kier molecular flexibility index (Phi) is 6.61. The quantitative estimate of drug-likeness (QED) is 0.790. The fraction of sp³-hybridized carbons (Fsp3) is 0.400. The van der Waals surface area contributed by atoms with Crippen molar-refractivity contribution in [3.63, 3.8) is 0 Å². The highest BCUT2D eigenvalue weighted by molar-refractivity contribution is 7.10. The average molecular weight is 408 g/mol. The minimum Gasteiger partial charge on any atom is -0.434 e. The number of alkyl halides is 2. The number of para-hydroxylation sites is 1. The Hall–Kier alpha value is -2.48. The van der Waals surface area contributed by atoms with Crippen LogP contribution >= 0.6 is 11.3 Å². The maximum atomic E-state index is 12.8. The Labute approximate surface area is 166 Å². The molecule has 8 heteroatoms. The summed E-state index contributed by atoms with van der Waals surface area (Å²) in [6.45, 7) is 0.206. The zero-order valence-corrected chi connectivity index (χ0v) is 16.3. The van der Waals surface area contributed by atoms with E-state index in [1.165, 1.54) is 23.1 Å². The van der Waals surface area contributed by atoms with Gasteiger partial charge in [0.1, 0.15) is 5.75 Å². The van der Waals surface area contributed by atoms with Crippen LogP contribution in [0.3, 0.4) is 0 Å². The van der Waals surface area contributed by atoms with Crippen LogP contribution in [0.25, 0.3) is 0 Å². The number of carbonyl (C=O) groups is 2. The zero-order valence-electron chi connectivity index (χ0n) is 15.5. The summed E-state index contributed by atoms with van der Waals surface area (Å²) in [6, 6.07) is 7.95. The number of benzene rings is 1. The predicted molar refractivity (Wildman–Crippen MR) is 103 cm³/mol. The van der Waals surface area contributed by atoms with E-state index in [1.54, 1.807) is 17.4 Å². The highest BCUT2D eigenvalue weighted by atomic mass is 32.1. The topological polar surface area (TPSA) is 58.6 Å². The number of likely N-dealkylation sites (tertiary alicyclic amines) is 1. The van der Waals surface area contributed by atoms with Gasteiger partial charge in [-0.25, -0.2) is 0 Å². The molecule has 1 fully saturated rings. The van der Waals surface area contributed by atoms with Crippen molar-refractivity contribution in [1.29, 1.82) is 0 Å². The first-order valence-electron chi connectivity index (χ1n) is 9.09. The van der Waals surface area contributed by atoms with Gasteiger partial charge >= 0.3 is 6.61 Å². The van der Waals surface area contributed by atoms with E-state index in [4.69, 9.17) is 0 Å². The second-order valence-corrected chi connectivity index (χ2v) is 7.71. The second kappa shape index (κ2) is 9.14. The molecule has 1 saturated heterocycles. The molecule has 3 rings (SSSR count). The number of ether oxygens (including phenoxy) is 1. The van der Waals surface area contributed by atoms with Gasteiger partial charge in [0.2, 0.25) is 5.91 Å². The van der Waals surface area contributed by atoms with Gasteiger partial charge in [0.05, 0.1) is 18.0 Å². The van der Waals surface area contributed by atoms with Crippen molar-refractivity contribution in [3.05, 3.63) is 51.7 Å². The molecule has 1 aromatic carbocycles. The monoisotopic (exact) mass is 408 g/mol. The Morgan fingerprint density at radius 3 is 2.82 bits per heavy atom. The maximum Gasteiger partial charge on any atom is 0.387 e. The van der Waals surface area contributed by atoms with E-state index >= 15 is 0 Å². The van der Waals surface area contributed by atoms with E-state index in [0.29, 0.717) is 25.9 Å². The van der Waals surface area contributed by atoms with Crippen molar-refractivity contribution in [3.8, 4) is 5.75 Å². The lowest BCUT2D eigenvalue weighted by molar-refractivity contribution is -0.126. The van der Waals surface area contributed by atoms with Crippen molar-refractivity contribution in [2.45, 2.75) is 32.9 Å². The number of halogens is 2. The van der Waals surface area contributed by atoms with Gasteiger partial charge in [0.15, 0.2) is 0 Å². The van der Waals surface area contributed by atoms with Crippen LogP contribution in [0, 0.1) is 12.8 Å². The minimum atomic E-state index is -3.01. The molecule has 0 aliphatic carbocycles. The third-order valence-corrected chi connectivity index (χ3v) is 5.83. The van der Waals surface area contributed by atoms with Crippen LogP contribution in [0.2, 0.25) is 0 Å². The molecule has 1 aromatic heterocycles. The third-order valence-electron chi connectivity index (χ3n) is 4.80. The van der Waals surface area contributed by atoms with Gasteiger partial charge < -0.3 is 15.0 Å². The lowest BCUT2D eigenvalue weighted by atomic mass is 9.96. The molecular formula is C20H22F2N2O3S. The highest BCUT2D eigenvalue weighted by Gasteiger charge is 2.30. The van der Waals surface area contributed by atoms with E-state index in [-0.39, 0.29) is 29.7 Å². The van der Waals surface area contributed by atoms with Crippen molar-refractivity contribution in [2.24, 2.45) is 5.92 Å². The predicted octanol–water partition coefficient (Wildman–Crippen LogP) is 3.83. The van der Waals surface area contributed by atoms with Crippen LogP contribution < -0.4 is 10.1 Å². The minimum absolute atomic E-state index is 0.0815. The largest absolute Gasteiger partial charge is 0.434 e. The Balaban J connectivity index is 1.63. The van der Waals surface area contributed by atoms with Gasteiger partial charge in [-0.05, 0) is 48.9 Å². The summed E-state index contributed by atoms with van der Waals surface area (Å²) < 4.78 is 29.7. The fourth-order valence-corrected chi connectivity index (χ4v) is 4.13. The lowest BCUT2D eigenvalue weighted by Gasteiger charge is -2.32. The molecule has 5 nitrogen and oxygen atoms in total. The number of rotatable bonds is 6. The summed E-state index contributed by atoms with van der Waals surface area (Å²) in [5.41, 5.74) is 1.22. The van der Waals surface area contributed by atoms with Gasteiger partial charge in [-0.1, -0.05) is 12.1 Å². The van der Waals surface area contributed by atoms with Gasteiger partial charge in [0.25, 0.3) is 5.91 Å². The second-order valence-electron chi connectivity index (χ2n) is 6.71. The molecule has 28 heavy (non-hydrogen) atoms. The molecule has 150 valence electrons. The summed E-state index contributed by atoms with van der Waals surface area (Å²) in [7, 11) is 0. The van der Waals surface area contributed by atoms with Crippen molar-refractivity contribution < 1.29 is 23.1 Å². The van der Waals surface area contributed by atoms with E-state index in [9.17, 15) is 18.4 Å². The molecule has 2 heterocycles. The van der Waals surface area contributed by atoms with Gasteiger partial charge in [0, 0.05) is 18.0 Å². The number of carbonyl (C=O) groups excluding carboxylic acids is 2. The number of nitrogens with zero attached hydrogens (tertiary/aromatic N) is 1. The molecule has 1 unspecified atom stereocenters. The molecule has 0 radical (unpaired) electrons. The van der Waals surface area contributed by atoms with Crippen molar-refractivity contribution in [1.82, 2.24) is 10.2 Å². The standard InChI is InChI=1S/C20H22F2N2O3S/c1-13-8-10-28-17(13)11-23-18(25)14-5-4-9-24(12-14)19(26)15-6-2-3-7-16(15)27-20(21)22/h2-3,6-8,10,14,20H,4-5,9,11-12H2,1H3,(H,23,25). The van der Waals surface area contributed by atoms with Gasteiger partial charge in [-0.2, -0.15) is 8.78 Å². The molecule has 2 amide bonds. The molecule has 1 atom stereocenters. The van der Waals surface area contributed by atoms with Crippen LogP contribution in [0.4, 0.5) is 8.78 Å². The summed E-state index contributed by atoms with van der Waals surface area (Å²) in [5, 5.41) is 4.92. The molecule has 0 bridgehead atoms. The summed E-state index contributed by atoms with van der Waals surface area (Å²) in [4.78, 5) is 28.0. The van der Waals surface area contributed by atoms with E-state index in [2.05, 4.69) is 10.1 Å². The number of amides is 2. The molecule has 2 aromatic rings. The van der Waals surface area contributed by atoms with Crippen LogP contribution in [0.1, 0.15) is 33.6 Å². The van der Waals surface area contributed by atoms with Crippen LogP contribution in [-0.2, 0) is 11.3 Å². The smallest absolute Gasteiger partial charge is 0.387 e. The Morgan fingerprint density at radius 2 is 2.11 bits per heavy atom. The number of hydrogen-bond acceptors (Lipinski definition) is 4. The number of thiophene rings is 1. The van der Waals surface area contributed by atoms with Crippen molar-refractivity contribution >= 4 is 23.2 Å². The summed E-state index contributed by atoms with van der Waals surface area (Å²) >= 11 is 1.59. The van der Waals surface area contributed by atoms with Crippen LogP contribution in [0.15, 0.2) is 35.7 Å². The van der Waals surface area contributed by atoms with Gasteiger partial charge in [-0.3, -0.25) is 9.59 Å². The summed E-state index contributed by atoms with van der Waals surface area (Å²) in [5.74, 6) is -0.964. The number of piperidine rings is 1. The average Bonchev–Trinajstić information content (AvgIpc) is 3.10. The molecule has 1 aliphatic rings. The third kappa shape index (κ3) is 4.86. The fourth-order valence-electron chi connectivity index (χ4n) is 3.28. The summed E-state index contributed by atoms with van der Waals surface area (Å²) in [6.07, 6.45) is 1.37. The zero-order chi connectivity index (χ0) is 20.1. The Bertz CT molecular complexity index is 840.